The highest BCUT2D eigenvalue weighted by atomic mass is 16.5. The topological polar surface area (TPSA) is 90.7 Å². The lowest BCUT2D eigenvalue weighted by molar-refractivity contribution is -0.143. The zero-order chi connectivity index (χ0) is 20.8. The number of benzene rings is 1. The average Bonchev–Trinajstić information content (AvgIpc) is 2.75. The normalized spacial score (nSPS) is 15.3. The molecule has 1 unspecified atom stereocenters. The van der Waals surface area contributed by atoms with Crippen molar-refractivity contribution in [3.05, 3.63) is 40.3 Å². The van der Waals surface area contributed by atoms with Crippen LogP contribution in [0.5, 0.6) is 0 Å². The van der Waals surface area contributed by atoms with Gasteiger partial charge in [0.25, 0.3) is 11.5 Å². The van der Waals surface area contributed by atoms with Gasteiger partial charge in [-0.05, 0) is 19.4 Å². The summed E-state index contributed by atoms with van der Waals surface area (Å²) in [4.78, 5) is 39.7. The fraction of sp³-hybridized carbons (Fsp3) is 0.524. The van der Waals surface area contributed by atoms with Gasteiger partial charge in [-0.3, -0.25) is 9.59 Å². The van der Waals surface area contributed by atoms with E-state index in [1.807, 2.05) is 0 Å². The molecule has 1 aliphatic rings. The number of esters is 1. The van der Waals surface area contributed by atoms with Crippen LogP contribution in [-0.2, 0) is 20.8 Å². The summed E-state index contributed by atoms with van der Waals surface area (Å²) in [6, 6.07) is 6.84. The van der Waals surface area contributed by atoms with Crippen molar-refractivity contribution in [2.24, 2.45) is 0 Å². The Kier molecular flexibility index (Phi) is 6.98. The summed E-state index contributed by atoms with van der Waals surface area (Å²) in [5.74, 6) is -0.971. The first-order valence-electron chi connectivity index (χ1n) is 10.1. The molecule has 0 radical (unpaired) electrons. The van der Waals surface area contributed by atoms with Crippen LogP contribution in [0.25, 0.3) is 10.8 Å². The van der Waals surface area contributed by atoms with Gasteiger partial charge in [0.2, 0.25) is 0 Å². The van der Waals surface area contributed by atoms with Crippen LogP contribution in [0.1, 0.15) is 43.6 Å². The van der Waals surface area contributed by atoms with Crippen LogP contribution in [0, 0.1) is 0 Å². The number of ether oxygens (including phenoxy) is 2. The van der Waals surface area contributed by atoms with Crippen molar-refractivity contribution in [2.45, 2.75) is 45.8 Å². The van der Waals surface area contributed by atoms with E-state index in [9.17, 15) is 14.4 Å². The molecular weight excluding hydrogens is 374 g/mol. The van der Waals surface area contributed by atoms with Crippen LogP contribution in [0.15, 0.2) is 29.1 Å². The zero-order valence-electron chi connectivity index (χ0n) is 16.9. The summed E-state index contributed by atoms with van der Waals surface area (Å²) in [5, 5.41) is 5.13. The summed E-state index contributed by atoms with van der Waals surface area (Å²) in [5.41, 5.74) is -0.177. The molecule has 0 bridgehead atoms. The summed E-state index contributed by atoms with van der Waals surface area (Å²) in [7, 11) is 0. The second kappa shape index (κ2) is 9.65. The van der Waals surface area contributed by atoms with Crippen molar-refractivity contribution in [3.8, 4) is 0 Å². The van der Waals surface area contributed by atoms with E-state index in [-0.39, 0.29) is 17.2 Å². The van der Waals surface area contributed by atoms with E-state index in [1.54, 1.807) is 36.1 Å². The molecule has 0 spiro atoms. The first-order chi connectivity index (χ1) is 14.0. The standard InChI is InChI=1S/C21H27N3O5/c1-3-4-7-10-24-20(26)17-9-6-5-8-16(17)18(22-24)21(27)29-15(2)19(25)23-11-13-28-14-12-23/h5-6,8-9,15H,3-4,7,10-14H2,1-2H3. The maximum absolute atomic E-state index is 12.9. The fourth-order valence-electron chi connectivity index (χ4n) is 3.36. The van der Waals surface area contributed by atoms with Gasteiger partial charge in [0, 0.05) is 25.0 Å². The number of aromatic nitrogens is 2. The SMILES string of the molecule is CCCCCn1nc(C(=O)OC(C)C(=O)N2CCOCC2)c2ccccc2c1=O. The highest BCUT2D eigenvalue weighted by Gasteiger charge is 2.27. The van der Waals surface area contributed by atoms with Crippen molar-refractivity contribution >= 4 is 22.6 Å². The number of hydrogen-bond acceptors (Lipinski definition) is 6. The summed E-state index contributed by atoms with van der Waals surface area (Å²) in [6.07, 6.45) is 1.83. The van der Waals surface area contributed by atoms with Gasteiger partial charge in [0.05, 0.1) is 18.6 Å². The Balaban J connectivity index is 1.85. The largest absolute Gasteiger partial charge is 0.448 e. The smallest absolute Gasteiger partial charge is 0.360 e. The third-order valence-electron chi connectivity index (χ3n) is 4.99. The van der Waals surface area contributed by atoms with E-state index >= 15 is 0 Å². The van der Waals surface area contributed by atoms with Gasteiger partial charge in [0.1, 0.15) is 0 Å². The molecule has 1 aliphatic heterocycles. The highest BCUT2D eigenvalue weighted by molar-refractivity contribution is 6.02. The summed E-state index contributed by atoms with van der Waals surface area (Å²) >= 11 is 0. The van der Waals surface area contributed by atoms with Crippen molar-refractivity contribution in [2.75, 3.05) is 26.3 Å². The Labute approximate surface area is 169 Å². The summed E-state index contributed by atoms with van der Waals surface area (Å²) in [6.45, 7) is 5.96. The van der Waals surface area contributed by atoms with E-state index in [0.717, 1.165) is 19.3 Å². The van der Waals surface area contributed by atoms with Crippen molar-refractivity contribution in [3.63, 3.8) is 0 Å². The molecule has 1 aromatic carbocycles. The lowest BCUT2D eigenvalue weighted by Gasteiger charge is -2.28. The van der Waals surface area contributed by atoms with E-state index in [1.165, 1.54) is 4.68 Å². The molecule has 29 heavy (non-hydrogen) atoms. The fourth-order valence-corrected chi connectivity index (χ4v) is 3.36. The van der Waals surface area contributed by atoms with Crippen LogP contribution in [0.2, 0.25) is 0 Å². The molecule has 1 aromatic heterocycles. The van der Waals surface area contributed by atoms with Crippen LogP contribution < -0.4 is 5.56 Å². The number of aryl methyl sites for hydroxylation is 1. The Hall–Kier alpha value is -2.74. The van der Waals surface area contributed by atoms with Gasteiger partial charge in [-0.2, -0.15) is 5.10 Å². The number of hydrogen-bond donors (Lipinski definition) is 0. The van der Waals surface area contributed by atoms with Crippen molar-refractivity contribution in [1.29, 1.82) is 0 Å². The molecule has 1 amide bonds. The number of morpholine rings is 1. The molecule has 1 saturated heterocycles. The van der Waals surface area contributed by atoms with Gasteiger partial charge >= 0.3 is 5.97 Å². The quantitative estimate of drug-likeness (QED) is 0.521. The number of nitrogens with zero attached hydrogens (tertiary/aromatic N) is 3. The van der Waals surface area contributed by atoms with Gasteiger partial charge < -0.3 is 14.4 Å². The first kappa shape index (κ1) is 21.0. The predicted octanol–water partition coefficient (Wildman–Crippen LogP) is 1.99. The zero-order valence-corrected chi connectivity index (χ0v) is 16.9. The Bertz CT molecular complexity index is 934. The number of carbonyl (C=O) groups is 2. The molecule has 0 saturated carbocycles. The van der Waals surface area contributed by atoms with Gasteiger partial charge in [-0.25, -0.2) is 9.48 Å². The molecule has 1 fully saturated rings. The second-order valence-corrected chi connectivity index (χ2v) is 7.11. The molecule has 2 aromatic rings. The Morgan fingerprint density at radius 1 is 1.17 bits per heavy atom. The molecule has 8 nitrogen and oxygen atoms in total. The average molecular weight is 401 g/mol. The first-order valence-corrected chi connectivity index (χ1v) is 10.1. The lowest BCUT2D eigenvalue weighted by atomic mass is 10.1. The second-order valence-electron chi connectivity index (χ2n) is 7.11. The third-order valence-corrected chi connectivity index (χ3v) is 4.99. The number of carbonyl (C=O) groups excluding carboxylic acids is 2. The Morgan fingerprint density at radius 3 is 2.55 bits per heavy atom. The van der Waals surface area contributed by atoms with Crippen LogP contribution in [-0.4, -0.2) is 59.0 Å². The highest BCUT2D eigenvalue weighted by Crippen LogP contribution is 2.16. The lowest BCUT2D eigenvalue weighted by Crippen LogP contribution is -2.46. The summed E-state index contributed by atoms with van der Waals surface area (Å²) < 4.78 is 12.0. The maximum Gasteiger partial charge on any atom is 0.360 e. The van der Waals surface area contributed by atoms with Gasteiger partial charge in [-0.1, -0.05) is 38.0 Å². The molecule has 1 atom stereocenters. The number of unbranched alkanes of at least 4 members (excludes halogenated alkanes) is 2. The minimum absolute atomic E-state index is 0.0540. The predicted molar refractivity (Wildman–Crippen MR) is 108 cm³/mol. The Morgan fingerprint density at radius 2 is 1.86 bits per heavy atom. The maximum atomic E-state index is 12.9. The van der Waals surface area contributed by atoms with Crippen LogP contribution in [0.3, 0.4) is 0 Å². The third kappa shape index (κ3) is 4.82. The molecule has 0 N–H and O–H groups in total. The van der Waals surface area contributed by atoms with Crippen LogP contribution in [0.4, 0.5) is 0 Å². The van der Waals surface area contributed by atoms with E-state index in [2.05, 4.69) is 12.0 Å². The van der Waals surface area contributed by atoms with E-state index in [0.29, 0.717) is 43.6 Å². The van der Waals surface area contributed by atoms with Crippen molar-refractivity contribution in [1.82, 2.24) is 14.7 Å². The minimum atomic E-state index is -0.943. The van der Waals surface area contributed by atoms with Gasteiger partial charge in [-0.15, -0.1) is 0 Å². The minimum Gasteiger partial charge on any atom is -0.448 e. The molecule has 0 aliphatic carbocycles. The molecular formula is C21H27N3O5. The van der Waals surface area contributed by atoms with Crippen molar-refractivity contribution < 1.29 is 19.1 Å². The monoisotopic (exact) mass is 401 g/mol. The molecule has 8 heteroatoms. The molecule has 2 heterocycles. The van der Waals surface area contributed by atoms with E-state index in [4.69, 9.17) is 9.47 Å². The van der Waals surface area contributed by atoms with E-state index < -0.39 is 12.1 Å². The molecule has 156 valence electrons. The van der Waals surface area contributed by atoms with Gasteiger partial charge in [0.15, 0.2) is 11.8 Å². The number of fused-ring (bicyclic) bond motifs is 1. The molecule has 3 rings (SSSR count). The number of rotatable bonds is 7. The van der Waals surface area contributed by atoms with Crippen LogP contribution >= 0.6 is 0 Å². The number of amides is 1.